The van der Waals surface area contributed by atoms with Crippen molar-refractivity contribution in [3.8, 4) is 5.69 Å². The van der Waals surface area contributed by atoms with Crippen LogP contribution < -0.4 is 15.5 Å². The van der Waals surface area contributed by atoms with Crippen molar-refractivity contribution in [2.45, 2.75) is 32.7 Å². The van der Waals surface area contributed by atoms with Crippen LogP contribution in [0.4, 0.5) is 16.3 Å². The molecular weight excluding hydrogens is 364 g/mol. The third-order valence-corrected chi connectivity index (χ3v) is 5.16. The second kappa shape index (κ2) is 8.34. The molecule has 0 saturated carbocycles. The number of amides is 2. The Bertz CT molecular complexity index is 976. The Kier molecular flexibility index (Phi) is 5.46. The van der Waals surface area contributed by atoms with E-state index in [9.17, 15) is 4.79 Å². The molecular formula is C22H26N6O. The number of benzene rings is 1. The van der Waals surface area contributed by atoms with Gasteiger partial charge in [0.15, 0.2) is 0 Å². The molecule has 1 aromatic carbocycles. The number of urea groups is 1. The minimum absolute atomic E-state index is 0.148. The van der Waals surface area contributed by atoms with E-state index in [1.54, 1.807) is 10.9 Å². The fraction of sp³-hybridized carbons (Fsp3) is 0.318. The van der Waals surface area contributed by atoms with Gasteiger partial charge in [-0.05, 0) is 62.1 Å². The quantitative estimate of drug-likeness (QED) is 0.713. The second-order valence-corrected chi connectivity index (χ2v) is 7.53. The van der Waals surface area contributed by atoms with E-state index in [4.69, 9.17) is 0 Å². The molecule has 0 unspecified atom stereocenters. The largest absolute Gasteiger partial charge is 0.356 e. The number of carbonyl (C=O) groups excluding carboxylic acids is 1. The Morgan fingerprint density at radius 1 is 1.10 bits per heavy atom. The number of pyridine rings is 1. The van der Waals surface area contributed by atoms with Crippen molar-refractivity contribution in [3.05, 3.63) is 66.1 Å². The van der Waals surface area contributed by atoms with E-state index in [2.05, 4.69) is 25.6 Å². The summed E-state index contributed by atoms with van der Waals surface area (Å²) in [6.07, 6.45) is 7.35. The van der Waals surface area contributed by atoms with Gasteiger partial charge in [-0.25, -0.2) is 14.5 Å². The van der Waals surface area contributed by atoms with Gasteiger partial charge < -0.3 is 15.5 Å². The first-order valence-electron chi connectivity index (χ1n) is 9.94. The lowest BCUT2D eigenvalue weighted by molar-refractivity contribution is 0.246. The number of anilines is 2. The maximum Gasteiger partial charge on any atom is 0.319 e. The van der Waals surface area contributed by atoms with Crippen LogP contribution in [0.2, 0.25) is 0 Å². The van der Waals surface area contributed by atoms with Crippen molar-refractivity contribution in [2.24, 2.45) is 0 Å². The van der Waals surface area contributed by atoms with E-state index in [0.717, 1.165) is 54.3 Å². The average molecular weight is 390 g/mol. The number of piperidine rings is 1. The summed E-state index contributed by atoms with van der Waals surface area (Å²) in [6.45, 7) is 5.76. The van der Waals surface area contributed by atoms with Gasteiger partial charge in [-0.3, -0.25) is 0 Å². The van der Waals surface area contributed by atoms with Crippen LogP contribution >= 0.6 is 0 Å². The topological polar surface area (TPSA) is 75.1 Å². The Labute approximate surface area is 170 Å². The van der Waals surface area contributed by atoms with Crippen LogP contribution in [0.3, 0.4) is 0 Å². The van der Waals surface area contributed by atoms with Gasteiger partial charge in [0.05, 0.1) is 17.6 Å². The number of nitrogens with one attached hydrogen (secondary N) is 2. The van der Waals surface area contributed by atoms with Crippen LogP contribution in [0.5, 0.6) is 0 Å². The van der Waals surface area contributed by atoms with Crippen LogP contribution in [0.15, 0.2) is 55.0 Å². The Hall–Kier alpha value is -3.35. The smallest absolute Gasteiger partial charge is 0.319 e. The number of carbonyl (C=O) groups is 1. The molecule has 0 aliphatic carbocycles. The van der Waals surface area contributed by atoms with Crippen LogP contribution in [-0.4, -0.2) is 39.9 Å². The van der Waals surface area contributed by atoms with Gasteiger partial charge in [-0.2, -0.15) is 5.10 Å². The molecule has 2 aromatic heterocycles. The van der Waals surface area contributed by atoms with Gasteiger partial charge in [0.25, 0.3) is 0 Å². The predicted molar refractivity (Wildman–Crippen MR) is 115 cm³/mol. The second-order valence-electron chi connectivity index (χ2n) is 7.53. The highest BCUT2D eigenvalue weighted by Gasteiger charge is 2.22. The summed E-state index contributed by atoms with van der Waals surface area (Å²) in [6, 6.07) is 11.9. The maximum atomic E-state index is 12.7. The van der Waals surface area contributed by atoms with Gasteiger partial charge in [0, 0.05) is 31.5 Å². The minimum atomic E-state index is -0.183. The zero-order valence-corrected chi connectivity index (χ0v) is 16.8. The molecule has 1 aliphatic rings. The Morgan fingerprint density at radius 3 is 2.62 bits per heavy atom. The molecule has 3 aromatic rings. The Morgan fingerprint density at radius 2 is 1.93 bits per heavy atom. The van der Waals surface area contributed by atoms with E-state index in [0.29, 0.717) is 0 Å². The summed E-state index contributed by atoms with van der Waals surface area (Å²) in [5.74, 6) is 0.995. The normalized spacial score (nSPS) is 14.6. The molecule has 1 aliphatic heterocycles. The van der Waals surface area contributed by atoms with Gasteiger partial charge >= 0.3 is 6.03 Å². The lowest BCUT2D eigenvalue weighted by atomic mass is 10.1. The monoisotopic (exact) mass is 390 g/mol. The maximum absolute atomic E-state index is 12.7. The van der Waals surface area contributed by atoms with E-state index < -0.39 is 0 Å². The molecule has 1 saturated heterocycles. The molecule has 0 atom stereocenters. The summed E-state index contributed by atoms with van der Waals surface area (Å²) in [5.41, 5.74) is 3.75. The highest BCUT2D eigenvalue weighted by atomic mass is 16.2. The zero-order valence-electron chi connectivity index (χ0n) is 16.8. The lowest BCUT2D eigenvalue weighted by Gasteiger charge is -2.33. The van der Waals surface area contributed by atoms with Crippen LogP contribution in [0.1, 0.15) is 24.0 Å². The fourth-order valence-electron chi connectivity index (χ4n) is 3.63. The van der Waals surface area contributed by atoms with Crippen molar-refractivity contribution in [1.29, 1.82) is 0 Å². The van der Waals surface area contributed by atoms with Crippen LogP contribution in [-0.2, 0) is 0 Å². The Balaban J connectivity index is 1.38. The number of hydrogen-bond acceptors (Lipinski definition) is 4. The molecule has 2 amide bonds. The fourth-order valence-corrected chi connectivity index (χ4v) is 3.63. The van der Waals surface area contributed by atoms with Crippen LogP contribution in [0, 0.1) is 13.8 Å². The third-order valence-electron chi connectivity index (χ3n) is 5.16. The molecule has 7 nitrogen and oxygen atoms in total. The number of aryl methyl sites for hydroxylation is 2. The predicted octanol–water partition coefficient (Wildman–Crippen LogP) is 3.67. The summed E-state index contributed by atoms with van der Waals surface area (Å²) >= 11 is 0. The minimum Gasteiger partial charge on any atom is -0.356 e. The van der Waals surface area contributed by atoms with Crippen molar-refractivity contribution in [2.75, 3.05) is 23.3 Å². The van der Waals surface area contributed by atoms with Gasteiger partial charge in [0.2, 0.25) is 0 Å². The highest BCUT2D eigenvalue weighted by Crippen LogP contribution is 2.22. The van der Waals surface area contributed by atoms with Gasteiger partial charge in [-0.1, -0.05) is 12.1 Å². The summed E-state index contributed by atoms with van der Waals surface area (Å²) < 4.78 is 1.79. The summed E-state index contributed by atoms with van der Waals surface area (Å²) in [4.78, 5) is 19.3. The first kappa shape index (κ1) is 19.0. The molecule has 29 heavy (non-hydrogen) atoms. The molecule has 150 valence electrons. The number of nitrogens with zero attached hydrogens (tertiary/aromatic N) is 4. The van der Waals surface area contributed by atoms with Gasteiger partial charge in [-0.15, -0.1) is 0 Å². The lowest BCUT2D eigenvalue weighted by Crippen LogP contribution is -2.46. The highest BCUT2D eigenvalue weighted by molar-refractivity contribution is 5.91. The van der Waals surface area contributed by atoms with E-state index in [1.165, 1.54) is 0 Å². The third kappa shape index (κ3) is 4.56. The van der Waals surface area contributed by atoms with Crippen LogP contribution in [0.25, 0.3) is 5.69 Å². The molecule has 2 N–H and O–H groups in total. The first-order valence-corrected chi connectivity index (χ1v) is 9.94. The van der Waals surface area contributed by atoms with E-state index in [-0.39, 0.29) is 12.1 Å². The standard InChI is InChI=1S/C22H26N6O/c1-16-6-7-20(28-15-17(2)14-24-28)19(13-16)26-22(29)25-18-8-11-27(12-9-18)21-5-3-4-10-23-21/h3-7,10,13-15,18H,8-9,11-12H2,1-2H3,(H2,25,26,29). The van der Waals surface area contributed by atoms with Crippen molar-refractivity contribution in [3.63, 3.8) is 0 Å². The molecule has 3 heterocycles. The number of hydrogen-bond donors (Lipinski definition) is 2. The first-order chi connectivity index (χ1) is 14.1. The van der Waals surface area contributed by atoms with Crippen molar-refractivity contribution < 1.29 is 4.79 Å². The summed E-state index contributed by atoms with van der Waals surface area (Å²) in [5, 5.41) is 10.5. The molecule has 7 heteroatoms. The van der Waals surface area contributed by atoms with Crippen molar-refractivity contribution >= 4 is 17.5 Å². The SMILES string of the molecule is Cc1ccc(-n2cc(C)cn2)c(NC(=O)NC2CCN(c3ccccn3)CC2)c1. The summed E-state index contributed by atoms with van der Waals surface area (Å²) in [7, 11) is 0. The number of aromatic nitrogens is 3. The van der Waals surface area contributed by atoms with E-state index >= 15 is 0 Å². The van der Waals surface area contributed by atoms with E-state index in [1.807, 2.05) is 62.6 Å². The molecule has 1 fully saturated rings. The molecule has 0 spiro atoms. The number of rotatable bonds is 4. The van der Waals surface area contributed by atoms with Crippen molar-refractivity contribution in [1.82, 2.24) is 20.1 Å². The molecule has 4 rings (SSSR count). The zero-order chi connectivity index (χ0) is 20.2. The average Bonchev–Trinajstić information content (AvgIpc) is 3.15. The van der Waals surface area contributed by atoms with Gasteiger partial charge in [0.1, 0.15) is 5.82 Å². The molecule has 0 radical (unpaired) electrons. The molecule has 0 bridgehead atoms.